The molecule has 1 aliphatic carbocycles. The molecule has 0 radical (unpaired) electrons. The summed E-state index contributed by atoms with van der Waals surface area (Å²) >= 11 is 5.97. The van der Waals surface area contributed by atoms with Crippen molar-refractivity contribution in [3.63, 3.8) is 0 Å². The molecular formula is C25H21ClFN5O2. The molecule has 0 spiro atoms. The Morgan fingerprint density at radius 2 is 2.00 bits per heavy atom. The number of fused-ring (bicyclic) bond motifs is 1. The summed E-state index contributed by atoms with van der Waals surface area (Å²) in [6, 6.07) is 6.81. The second-order valence-corrected chi connectivity index (χ2v) is 9.17. The quantitative estimate of drug-likeness (QED) is 0.419. The molecule has 4 heterocycles. The molecule has 0 amide bonds. The number of nitrogens with zero attached hydrogens (tertiary/aromatic N) is 5. The van der Waals surface area contributed by atoms with Crippen LogP contribution in [0.1, 0.15) is 42.7 Å². The number of rotatable bonds is 4. The Hall–Kier alpha value is -3.36. The smallest absolute Gasteiger partial charge is 0.292 e. The summed E-state index contributed by atoms with van der Waals surface area (Å²) in [5.41, 5.74) is 3.31. The fourth-order valence-corrected chi connectivity index (χ4v) is 4.51. The minimum Gasteiger partial charge on any atom is -0.369 e. The fraction of sp³-hybridized carbons (Fsp3) is 0.280. The van der Waals surface area contributed by atoms with Crippen molar-refractivity contribution in [3.8, 4) is 11.1 Å². The van der Waals surface area contributed by atoms with E-state index in [1.54, 1.807) is 25.4 Å². The number of aryl methyl sites for hydroxylation is 1. The highest BCUT2D eigenvalue weighted by Gasteiger charge is 2.26. The van der Waals surface area contributed by atoms with Gasteiger partial charge in [-0.05, 0) is 60.7 Å². The Kier molecular flexibility index (Phi) is 5.08. The van der Waals surface area contributed by atoms with Crippen LogP contribution in [-0.2, 0) is 11.8 Å². The monoisotopic (exact) mass is 477 g/mol. The van der Waals surface area contributed by atoms with Gasteiger partial charge in [0.25, 0.3) is 5.56 Å². The predicted molar refractivity (Wildman–Crippen MR) is 127 cm³/mol. The Balaban J connectivity index is 1.50. The molecule has 1 saturated carbocycles. The van der Waals surface area contributed by atoms with Crippen LogP contribution < -0.4 is 5.56 Å². The summed E-state index contributed by atoms with van der Waals surface area (Å²) in [4.78, 5) is 17.6. The van der Waals surface area contributed by atoms with E-state index in [1.807, 2.05) is 29.2 Å². The van der Waals surface area contributed by atoms with Crippen LogP contribution >= 0.6 is 11.6 Å². The molecule has 1 aliphatic heterocycles. The lowest BCUT2D eigenvalue weighted by Crippen LogP contribution is -2.21. The summed E-state index contributed by atoms with van der Waals surface area (Å²) in [6.07, 6.45) is 10.1. The molecule has 2 aliphatic rings. The normalized spacial score (nSPS) is 18.3. The van der Waals surface area contributed by atoms with Crippen LogP contribution in [0.5, 0.6) is 0 Å². The van der Waals surface area contributed by atoms with Gasteiger partial charge in [-0.1, -0.05) is 11.6 Å². The Morgan fingerprint density at radius 1 is 1.15 bits per heavy atom. The van der Waals surface area contributed by atoms with E-state index in [-0.39, 0.29) is 17.2 Å². The van der Waals surface area contributed by atoms with Crippen molar-refractivity contribution in [3.05, 3.63) is 81.4 Å². The zero-order chi connectivity index (χ0) is 23.4. The minimum atomic E-state index is -0.474. The van der Waals surface area contributed by atoms with Gasteiger partial charge in [0.15, 0.2) is 0 Å². The molecule has 0 bridgehead atoms. The van der Waals surface area contributed by atoms with Crippen molar-refractivity contribution < 1.29 is 9.13 Å². The average molecular weight is 478 g/mol. The molecule has 1 atom stereocenters. The van der Waals surface area contributed by atoms with Crippen LogP contribution in [0, 0.1) is 5.82 Å². The first kappa shape index (κ1) is 21.2. The number of hydrogen-bond acceptors (Lipinski definition) is 5. The van der Waals surface area contributed by atoms with E-state index in [9.17, 15) is 9.18 Å². The van der Waals surface area contributed by atoms with Crippen molar-refractivity contribution in [2.75, 3.05) is 6.61 Å². The van der Waals surface area contributed by atoms with Crippen LogP contribution in [0.2, 0.25) is 5.02 Å². The van der Waals surface area contributed by atoms with Gasteiger partial charge in [0, 0.05) is 34.8 Å². The number of aromatic nitrogens is 5. The molecule has 1 aromatic carbocycles. The van der Waals surface area contributed by atoms with Gasteiger partial charge >= 0.3 is 0 Å². The molecule has 9 heteroatoms. The molecule has 6 rings (SSSR count). The summed E-state index contributed by atoms with van der Waals surface area (Å²) in [5, 5.41) is 9.39. The zero-order valence-corrected chi connectivity index (χ0v) is 19.2. The van der Waals surface area contributed by atoms with Crippen molar-refractivity contribution in [1.82, 2.24) is 24.5 Å². The predicted octanol–water partition coefficient (Wildman–Crippen LogP) is 4.86. The standard InChI is InChI=1S/C25H21ClFN5O2/c1-31-25(33)24-20(12-28-31)19(18-5-2-16(26)9-21(18)27)10-22(30-24)14-6-7-34-23(8-14)15-11-29-32(13-15)17-3-4-17/h2,5,8-13,17,23H,3-4,6-7H2,1H3/t23-/m1/s1. The van der Waals surface area contributed by atoms with Crippen LogP contribution in [0.3, 0.4) is 0 Å². The molecule has 7 nitrogen and oxygen atoms in total. The van der Waals surface area contributed by atoms with E-state index in [1.165, 1.54) is 10.7 Å². The number of benzene rings is 1. The van der Waals surface area contributed by atoms with Crippen LogP contribution in [0.4, 0.5) is 4.39 Å². The third-order valence-corrected chi connectivity index (χ3v) is 6.59. The topological polar surface area (TPSA) is 74.8 Å². The van der Waals surface area contributed by atoms with E-state index < -0.39 is 5.82 Å². The maximum atomic E-state index is 14.9. The van der Waals surface area contributed by atoms with Crippen molar-refractivity contribution in [2.45, 2.75) is 31.4 Å². The third-order valence-electron chi connectivity index (χ3n) is 6.36. The van der Waals surface area contributed by atoms with Crippen molar-refractivity contribution in [2.24, 2.45) is 7.05 Å². The first-order chi connectivity index (χ1) is 16.5. The molecule has 172 valence electrons. The minimum absolute atomic E-state index is 0.241. The van der Waals surface area contributed by atoms with Gasteiger partial charge in [0.2, 0.25) is 0 Å². The fourth-order valence-electron chi connectivity index (χ4n) is 4.35. The van der Waals surface area contributed by atoms with Crippen LogP contribution in [0.15, 0.2) is 53.7 Å². The van der Waals surface area contributed by atoms with Gasteiger partial charge in [-0.15, -0.1) is 0 Å². The van der Waals surface area contributed by atoms with E-state index in [0.29, 0.717) is 46.3 Å². The third kappa shape index (κ3) is 3.73. The summed E-state index contributed by atoms with van der Waals surface area (Å²) in [6.45, 7) is 0.504. The highest BCUT2D eigenvalue weighted by atomic mass is 35.5. The molecule has 4 aromatic rings. The number of pyridine rings is 1. The summed E-state index contributed by atoms with van der Waals surface area (Å²) in [5.74, 6) is -0.474. The number of halogens is 2. The maximum absolute atomic E-state index is 14.9. The van der Waals surface area contributed by atoms with Crippen LogP contribution in [-0.4, -0.2) is 31.2 Å². The van der Waals surface area contributed by atoms with Gasteiger partial charge in [-0.2, -0.15) is 10.2 Å². The van der Waals surface area contributed by atoms with Crippen molar-refractivity contribution in [1.29, 1.82) is 0 Å². The molecule has 0 unspecified atom stereocenters. The first-order valence-corrected chi connectivity index (χ1v) is 11.5. The first-order valence-electron chi connectivity index (χ1n) is 11.2. The van der Waals surface area contributed by atoms with E-state index in [0.717, 1.165) is 24.0 Å². The van der Waals surface area contributed by atoms with Crippen molar-refractivity contribution >= 4 is 28.1 Å². The van der Waals surface area contributed by atoms with Gasteiger partial charge < -0.3 is 4.74 Å². The maximum Gasteiger partial charge on any atom is 0.292 e. The van der Waals surface area contributed by atoms with E-state index in [4.69, 9.17) is 21.3 Å². The SMILES string of the molecule is Cn1ncc2c(-c3ccc(Cl)cc3F)cc(C3=C[C@H](c4cnn(C5CC5)c4)OCC3)nc2c1=O. The second kappa shape index (κ2) is 8.14. The molecule has 1 fully saturated rings. The Labute approximate surface area is 199 Å². The van der Waals surface area contributed by atoms with Crippen LogP contribution in [0.25, 0.3) is 27.6 Å². The summed E-state index contributed by atoms with van der Waals surface area (Å²) < 4.78 is 24.1. The number of hydrogen-bond donors (Lipinski definition) is 0. The van der Waals surface area contributed by atoms with Gasteiger partial charge in [0.05, 0.1) is 30.7 Å². The zero-order valence-electron chi connectivity index (χ0n) is 18.4. The lowest BCUT2D eigenvalue weighted by molar-refractivity contribution is 0.0826. The highest BCUT2D eigenvalue weighted by Crippen LogP contribution is 2.37. The largest absolute Gasteiger partial charge is 0.369 e. The molecule has 0 N–H and O–H groups in total. The van der Waals surface area contributed by atoms with Gasteiger partial charge in [0.1, 0.15) is 17.4 Å². The van der Waals surface area contributed by atoms with Gasteiger partial charge in [-0.3, -0.25) is 9.48 Å². The Morgan fingerprint density at radius 3 is 2.79 bits per heavy atom. The molecule has 0 saturated heterocycles. The van der Waals surface area contributed by atoms with Gasteiger partial charge in [-0.25, -0.2) is 14.1 Å². The van der Waals surface area contributed by atoms with E-state index >= 15 is 0 Å². The lowest BCUT2D eigenvalue weighted by atomic mass is 9.96. The lowest BCUT2D eigenvalue weighted by Gasteiger charge is -2.22. The molecule has 3 aromatic heterocycles. The summed E-state index contributed by atoms with van der Waals surface area (Å²) in [7, 11) is 1.57. The Bertz CT molecular complexity index is 1520. The molecule has 34 heavy (non-hydrogen) atoms. The van der Waals surface area contributed by atoms with E-state index in [2.05, 4.69) is 10.2 Å². The average Bonchev–Trinajstić information content (AvgIpc) is 3.57. The highest BCUT2D eigenvalue weighted by molar-refractivity contribution is 6.30. The number of ether oxygens (including phenoxy) is 1. The second-order valence-electron chi connectivity index (χ2n) is 8.73. The molecular weight excluding hydrogens is 457 g/mol.